The van der Waals surface area contributed by atoms with Crippen LogP contribution in [0.3, 0.4) is 0 Å². The standard InChI is InChI=1S/C30H34N2O3/c1-5-10-24-14-16-28(29(20-24)33-4)35-21-30-31-26-11-6-7-12-27(26)32(30)17-8-9-18-34-25-15-13-22(2)23(3)19-25/h5-7,11-16,19-20H,1,8-10,17-18,21H2,2-4H3. The number of hydrogen-bond donors (Lipinski definition) is 0. The molecule has 0 amide bonds. The second-order valence-corrected chi connectivity index (χ2v) is 8.74. The Labute approximate surface area is 208 Å². The lowest BCUT2D eigenvalue weighted by atomic mass is 10.1. The highest BCUT2D eigenvalue weighted by Crippen LogP contribution is 2.29. The van der Waals surface area contributed by atoms with Gasteiger partial charge in [0.1, 0.15) is 18.2 Å². The Balaban J connectivity index is 1.40. The van der Waals surface area contributed by atoms with Crippen LogP contribution in [0.25, 0.3) is 11.0 Å². The number of ether oxygens (including phenoxy) is 3. The summed E-state index contributed by atoms with van der Waals surface area (Å²) in [6.07, 6.45) is 4.61. The topological polar surface area (TPSA) is 45.5 Å². The smallest absolute Gasteiger partial charge is 0.161 e. The summed E-state index contributed by atoms with van der Waals surface area (Å²) in [6, 6.07) is 20.5. The van der Waals surface area contributed by atoms with Crippen molar-refractivity contribution in [3.8, 4) is 17.2 Å². The van der Waals surface area contributed by atoms with Crippen molar-refractivity contribution in [2.75, 3.05) is 13.7 Å². The first kappa shape index (κ1) is 24.4. The van der Waals surface area contributed by atoms with Gasteiger partial charge in [0.05, 0.1) is 24.8 Å². The molecule has 0 spiro atoms. The fourth-order valence-corrected chi connectivity index (χ4v) is 4.12. The highest BCUT2D eigenvalue weighted by atomic mass is 16.5. The normalized spacial score (nSPS) is 10.9. The molecule has 0 aliphatic carbocycles. The molecule has 0 atom stereocenters. The molecule has 0 fully saturated rings. The fourth-order valence-electron chi connectivity index (χ4n) is 4.12. The Hall–Kier alpha value is -3.73. The number of imidazole rings is 1. The first-order valence-electron chi connectivity index (χ1n) is 12.1. The zero-order valence-corrected chi connectivity index (χ0v) is 20.9. The highest BCUT2D eigenvalue weighted by molar-refractivity contribution is 5.75. The molecule has 0 radical (unpaired) electrons. The molecular formula is C30H34N2O3. The molecule has 0 unspecified atom stereocenters. The number of aryl methyl sites for hydroxylation is 3. The van der Waals surface area contributed by atoms with E-state index >= 15 is 0 Å². The molecule has 0 N–H and O–H groups in total. The molecule has 5 heteroatoms. The van der Waals surface area contributed by atoms with E-state index in [0.717, 1.165) is 59.7 Å². The van der Waals surface area contributed by atoms with Crippen LogP contribution in [0.2, 0.25) is 0 Å². The van der Waals surface area contributed by atoms with Crippen LogP contribution in [0.15, 0.2) is 73.3 Å². The molecule has 5 nitrogen and oxygen atoms in total. The molecule has 4 rings (SSSR count). The second kappa shape index (κ2) is 11.6. The van der Waals surface area contributed by atoms with Crippen LogP contribution in [0.1, 0.15) is 35.4 Å². The highest BCUT2D eigenvalue weighted by Gasteiger charge is 2.13. The van der Waals surface area contributed by atoms with Crippen LogP contribution < -0.4 is 14.2 Å². The monoisotopic (exact) mass is 470 g/mol. The summed E-state index contributed by atoms with van der Waals surface area (Å²) >= 11 is 0. The molecule has 4 aromatic rings. The maximum absolute atomic E-state index is 6.16. The molecule has 0 bridgehead atoms. The van der Waals surface area contributed by atoms with Crippen molar-refractivity contribution in [1.82, 2.24) is 9.55 Å². The molecule has 1 heterocycles. The van der Waals surface area contributed by atoms with Gasteiger partial charge in [-0.05, 0) is 86.2 Å². The predicted octanol–water partition coefficient (Wildman–Crippen LogP) is 6.83. The van der Waals surface area contributed by atoms with E-state index in [1.54, 1.807) is 7.11 Å². The molecule has 35 heavy (non-hydrogen) atoms. The Morgan fingerprint density at radius 3 is 2.57 bits per heavy atom. The molecule has 1 aromatic heterocycles. The summed E-state index contributed by atoms with van der Waals surface area (Å²) in [6.45, 7) is 9.94. The fraction of sp³-hybridized carbons (Fsp3) is 0.300. The minimum Gasteiger partial charge on any atom is -0.494 e. The number of allylic oxidation sites excluding steroid dienone is 1. The van der Waals surface area contributed by atoms with Gasteiger partial charge in [-0.25, -0.2) is 4.98 Å². The van der Waals surface area contributed by atoms with E-state index in [9.17, 15) is 0 Å². The van der Waals surface area contributed by atoms with Crippen LogP contribution in [0.5, 0.6) is 17.2 Å². The molecular weight excluding hydrogens is 436 g/mol. The third-order valence-electron chi connectivity index (χ3n) is 6.22. The van der Waals surface area contributed by atoms with Crippen molar-refractivity contribution in [2.45, 2.75) is 46.3 Å². The molecule has 0 saturated heterocycles. The minimum atomic E-state index is 0.366. The molecule has 3 aromatic carbocycles. The number of nitrogens with zero attached hydrogens (tertiary/aromatic N) is 2. The summed E-state index contributed by atoms with van der Waals surface area (Å²) in [5.41, 5.74) is 5.77. The number of rotatable bonds is 12. The Kier molecular flexibility index (Phi) is 8.09. The van der Waals surface area contributed by atoms with Gasteiger partial charge in [0, 0.05) is 6.54 Å². The number of aromatic nitrogens is 2. The van der Waals surface area contributed by atoms with E-state index in [0.29, 0.717) is 19.0 Å². The first-order chi connectivity index (χ1) is 17.1. The maximum Gasteiger partial charge on any atom is 0.161 e. The Morgan fingerprint density at radius 1 is 0.914 bits per heavy atom. The average molecular weight is 471 g/mol. The van der Waals surface area contributed by atoms with Crippen LogP contribution in [-0.4, -0.2) is 23.3 Å². The quantitative estimate of drug-likeness (QED) is 0.168. The zero-order valence-electron chi connectivity index (χ0n) is 20.9. The lowest BCUT2D eigenvalue weighted by Crippen LogP contribution is -2.09. The lowest BCUT2D eigenvalue weighted by Gasteiger charge is -2.14. The average Bonchev–Trinajstić information content (AvgIpc) is 3.22. The van der Waals surface area contributed by atoms with Crippen LogP contribution in [-0.2, 0) is 19.6 Å². The number of fused-ring (bicyclic) bond motifs is 1. The molecule has 0 saturated carbocycles. The van der Waals surface area contributed by atoms with Gasteiger partial charge in [-0.2, -0.15) is 0 Å². The van der Waals surface area contributed by atoms with E-state index < -0.39 is 0 Å². The number of methoxy groups -OCH3 is 1. The number of benzene rings is 3. The van der Waals surface area contributed by atoms with Crippen molar-refractivity contribution in [2.24, 2.45) is 0 Å². The number of unbranched alkanes of at least 4 members (excludes halogenated alkanes) is 1. The summed E-state index contributed by atoms with van der Waals surface area (Å²) in [7, 11) is 1.66. The third kappa shape index (κ3) is 6.04. The second-order valence-electron chi connectivity index (χ2n) is 8.74. The molecule has 0 aliphatic rings. The largest absolute Gasteiger partial charge is 0.494 e. The summed E-state index contributed by atoms with van der Waals surface area (Å²) in [5.74, 6) is 3.26. The third-order valence-corrected chi connectivity index (χ3v) is 6.22. The van der Waals surface area contributed by atoms with Gasteiger partial charge in [-0.1, -0.05) is 30.3 Å². The van der Waals surface area contributed by atoms with Crippen LogP contribution in [0, 0.1) is 13.8 Å². The van der Waals surface area contributed by atoms with Gasteiger partial charge >= 0.3 is 0 Å². The minimum absolute atomic E-state index is 0.366. The van der Waals surface area contributed by atoms with Crippen molar-refractivity contribution in [3.05, 3.63) is 95.8 Å². The Bertz CT molecular complexity index is 1290. The van der Waals surface area contributed by atoms with Gasteiger partial charge in [-0.3, -0.25) is 0 Å². The van der Waals surface area contributed by atoms with Crippen molar-refractivity contribution >= 4 is 11.0 Å². The number of hydrogen-bond acceptors (Lipinski definition) is 4. The number of para-hydroxylation sites is 2. The van der Waals surface area contributed by atoms with Crippen LogP contribution in [0.4, 0.5) is 0 Å². The summed E-state index contributed by atoms with van der Waals surface area (Å²) < 4.78 is 19.9. The molecule has 182 valence electrons. The van der Waals surface area contributed by atoms with Crippen LogP contribution >= 0.6 is 0 Å². The van der Waals surface area contributed by atoms with Crippen molar-refractivity contribution in [3.63, 3.8) is 0 Å². The van der Waals surface area contributed by atoms with E-state index in [-0.39, 0.29) is 0 Å². The van der Waals surface area contributed by atoms with Gasteiger partial charge in [-0.15, -0.1) is 6.58 Å². The van der Waals surface area contributed by atoms with E-state index in [1.165, 1.54) is 11.1 Å². The van der Waals surface area contributed by atoms with E-state index in [2.05, 4.69) is 49.3 Å². The summed E-state index contributed by atoms with van der Waals surface area (Å²) in [4.78, 5) is 4.85. The van der Waals surface area contributed by atoms with Gasteiger partial charge in [0.25, 0.3) is 0 Å². The van der Waals surface area contributed by atoms with Gasteiger partial charge in [0.2, 0.25) is 0 Å². The van der Waals surface area contributed by atoms with Gasteiger partial charge < -0.3 is 18.8 Å². The van der Waals surface area contributed by atoms with Crippen molar-refractivity contribution in [1.29, 1.82) is 0 Å². The Morgan fingerprint density at radius 2 is 1.77 bits per heavy atom. The predicted molar refractivity (Wildman–Crippen MR) is 142 cm³/mol. The van der Waals surface area contributed by atoms with Crippen molar-refractivity contribution < 1.29 is 14.2 Å². The summed E-state index contributed by atoms with van der Waals surface area (Å²) in [5, 5.41) is 0. The zero-order chi connectivity index (χ0) is 24.6. The lowest BCUT2D eigenvalue weighted by molar-refractivity contribution is 0.269. The van der Waals surface area contributed by atoms with E-state index in [4.69, 9.17) is 19.2 Å². The van der Waals surface area contributed by atoms with Gasteiger partial charge in [0.15, 0.2) is 11.5 Å². The van der Waals surface area contributed by atoms with E-state index in [1.807, 2.05) is 42.5 Å². The maximum atomic E-state index is 6.16. The molecule has 0 aliphatic heterocycles. The first-order valence-corrected chi connectivity index (χ1v) is 12.1. The SMILES string of the molecule is C=CCc1ccc(OCc2nc3ccccc3n2CCCCOc2ccc(C)c(C)c2)c(OC)c1.